The fraction of sp³-hybridized carbons (Fsp3) is 0.0556. The van der Waals surface area contributed by atoms with Crippen LogP contribution in [-0.4, -0.2) is 29.2 Å². The summed E-state index contributed by atoms with van der Waals surface area (Å²) in [7, 11) is 0. The average molecular weight is 652 g/mol. The molecule has 0 fully saturated rings. The van der Waals surface area contributed by atoms with Gasteiger partial charge in [0.15, 0.2) is 5.78 Å². The van der Waals surface area contributed by atoms with E-state index in [0.717, 1.165) is 14.7 Å². The first-order chi connectivity index (χ1) is 21.9. The number of benzene rings is 5. The molecule has 45 heavy (non-hydrogen) atoms. The highest BCUT2D eigenvalue weighted by atomic mass is 35.5. The van der Waals surface area contributed by atoms with Gasteiger partial charge < -0.3 is 4.74 Å². The molecule has 0 unspecified atom stereocenters. The maximum absolute atomic E-state index is 13.5. The van der Waals surface area contributed by atoms with Gasteiger partial charge in [0.25, 0.3) is 0 Å². The van der Waals surface area contributed by atoms with Crippen molar-refractivity contribution in [3.63, 3.8) is 0 Å². The lowest BCUT2D eigenvalue weighted by atomic mass is 10.0. The zero-order valence-electron chi connectivity index (χ0n) is 23.8. The zero-order chi connectivity index (χ0) is 31.4. The van der Waals surface area contributed by atoms with Gasteiger partial charge >= 0.3 is 6.16 Å². The Morgan fingerprint density at radius 2 is 1.16 bits per heavy atom. The highest BCUT2D eigenvalue weighted by Gasteiger charge is 2.18. The highest BCUT2D eigenvalue weighted by molar-refractivity contribution is 7.99. The van der Waals surface area contributed by atoms with E-state index in [0.29, 0.717) is 33.2 Å². The fourth-order valence-corrected chi connectivity index (χ4v) is 5.90. The number of ketones is 2. The summed E-state index contributed by atoms with van der Waals surface area (Å²) < 4.78 is 5.13. The third-order valence-corrected chi connectivity index (χ3v) is 8.64. The van der Waals surface area contributed by atoms with Gasteiger partial charge in [-0.15, -0.1) is 11.8 Å². The molecule has 5 aromatic rings. The van der Waals surface area contributed by atoms with Crippen LogP contribution in [0.1, 0.15) is 32.7 Å². The number of para-hydroxylation sites is 1. The summed E-state index contributed by atoms with van der Waals surface area (Å²) in [6.45, 7) is 0. The molecule has 0 heterocycles. The van der Waals surface area contributed by atoms with Crippen molar-refractivity contribution in [1.29, 1.82) is 0 Å². The Kier molecular flexibility index (Phi) is 11.2. The molecule has 0 saturated carbocycles. The molecular weight excluding hydrogens is 626 g/mol. The monoisotopic (exact) mass is 651 g/mol. The molecule has 0 N–H and O–H groups in total. The maximum Gasteiger partial charge on any atom is 0.540 e. The van der Waals surface area contributed by atoms with Crippen LogP contribution in [0, 0.1) is 0 Å². The third-order valence-electron chi connectivity index (χ3n) is 6.36. The molecule has 0 aliphatic heterocycles. The topological polar surface area (TPSA) is 82.0 Å². The summed E-state index contributed by atoms with van der Waals surface area (Å²) in [5.41, 5.74) is 1.74. The van der Waals surface area contributed by atoms with E-state index < -0.39 is 6.16 Å². The van der Waals surface area contributed by atoms with Crippen LogP contribution in [0.2, 0.25) is 5.02 Å². The van der Waals surface area contributed by atoms with Crippen molar-refractivity contribution in [3.8, 4) is 5.75 Å². The molecule has 224 valence electrons. The number of thioether (sulfide) groups is 1. The van der Waals surface area contributed by atoms with Gasteiger partial charge in [0.1, 0.15) is 11.5 Å². The van der Waals surface area contributed by atoms with E-state index in [1.165, 1.54) is 23.5 Å². The number of halogens is 1. The second kappa shape index (κ2) is 15.9. The Labute approximate surface area is 274 Å². The summed E-state index contributed by atoms with van der Waals surface area (Å²) in [5.74, 6) is 0.422. The summed E-state index contributed by atoms with van der Waals surface area (Å²) in [5, 5.41) is 4.54. The smallest absolute Gasteiger partial charge is 0.393 e. The minimum absolute atomic E-state index is 0.0312. The number of hydrogen-bond acceptors (Lipinski definition) is 8. The van der Waals surface area contributed by atoms with Gasteiger partial charge in [-0.05, 0) is 84.9 Å². The molecule has 0 radical (unpaired) electrons. The molecule has 6 nitrogen and oxygen atoms in total. The Balaban J connectivity index is 1.24. The number of Topliss-reactive ketones (excluding diaryl/α,β-unsaturated/α-hetero) is 1. The summed E-state index contributed by atoms with van der Waals surface area (Å²) in [4.78, 5) is 46.2. The Hall–Kier alpha value is -4.63. The second-order valence-corrected chi connectivity index (χ2v) is 12.3. The van der Waals surface area contributed by atoms with E-state index >= 15 is 0 Å². The third kappa shape index (κ3) is 9.43. The molecule has 0 aliphatic carbocycles. The van der Waals surface area contributed by atoms with Crippen molar-refractivity contribution >= 4 is 58.6 Å². The van der Waals surface area contributed by atoms with Gasteiger partial charge in [-0.1, -0.05) is 77.0 Å². The van der Waals surface area contributed by atoms with E-state index in [2.05, 4.69) is 5.16 Å². The normalized spacial score (nSPS) is 11.1. The lowest BCUT2D eigenvalue weighted by molar-refractivity contribution is 0.0984. The number of rotatable bonds is 12. The molecule has 5 rings (SSSR count). The highest BCUT2D eigenvalue weighted by Crippen LogP contribution is 2.29. The van der Waals surface area contributed by atoms with Gasteiger partial charge in [-0.3, -0.25) is 14.4 Å². The SMILES string of the molecule is O=C(ON=C(CCSc1ccc(Cl)cc1)C(=O)c1ccc(Sc2ccc(C(=O)c3ccccc3)cc2)cc1)Oc1ccccc1. The number of ether oxygens (including phenoxy) is 1. The predicted octanol–water partition coefficient (Wildman–Crippen LogP) is 9.66. The molecule has 0 spiro atoms. The van der Waals surface area contributed by atoms with Crippen molar-refractivity contribution in [2.24, 2.45) is 5.16 Å². The molecule has 9 heteroatoms. The molecule has 0 bridgehead atoms. The number of carbonyl (C=O) groups excluding carboxylic acids is 3. The van der Waals surface area contributed by atoms with Crippen molar-refractivity contribution in [2.45, 2.75) is 21.1 Å². The van der Waals surface area contributed by atoms with E-state index in [9.17, 15) is 14.4 Å². The van der Waals surface area contributed by atoms with Gasteiger partial charge in [0.2, 0.25) is 5.78 Å². The van der Waals surface area contributed by atoms with Crippen LogP contribution in [0.15, 0.2) is 153 Å². The van der Waals surface area contributed by atoms with Crippen LogP contribution in [-0.2, 0) is 4.84 Å². The van der Waals surface area contributed by atoms with Gasteiger partial charge in [-0.25, -0.2) is 4.79 Å². The number of nitrogens with zero attached hydrogens (tertiary/aromatic N) is 1. The van der Waals surface area contributed by atoms with Crippen LogP contribution < -0.4 is 4.74 Å². The summed E-state index contributed by atoms with van der Waals surface area (Å²) in [6, 6.07) is 39.5. The van der Waals surface area contributed by atoms with E-state index in [1.807, 2.05) is 66.7 Å². The zero-order valence-corrected chi connectivity index (χ0v) is 26.2. The first-order valence-electron chi connectivity index (χ1n) is 13.9. The fourth-order valence-electron chi connectivity index (χ4n) is 4.10. The van der Waals surface area contributed by atoms with Crippen LogP contribution in [0.3, 0.4) is 0 Å². The largest absolute Gasteiger partial charge is 0.540 e. The Bertz CT molecular complexity index is 1780. The second-order valence-electron chi connectivity index (χ2n) is 9.52. The minimum atomic E-state index is -1.04. The van der Waals surface area contributed by atoms with Crippen LogP contribution >= 0.6 is 35.1 Å². The van der Waals surface area contributed by atoms with Crippen LogP contribution in [0.5, 0.6) is 5.75 Å². The quantitative estimate of drug-likeness (QED) is 0.0253. The first kappa shape index (κ1) is 31.8. The first-order valence-corrected chi connectivity index (χ1v) is 16.0. The number of carbonyl (C=O) groups is 3. The maximum atomic E-state index is 13.5. The van der Waals surface area contributed by atoms with E-state index in [-0.39, 0.29) is 23.7 Å². The molecule has 0 aliphatic rings. The van der Waals surface area contributed by atoms with Gasteiger partial charge in [-0.2, -0.15) is 0 Å². The van der Waals surface area contributed by atoms with Gasteiger partial charge in [0, 0.05) is 48.6 Å². The molecule has 0 aromatic heterocycles. The van der Waals surface area contributed by atoms with Crippen molar-refractivity contribution in [2.75, 3.05) is 5.75 Å². The van der Waals surface area contributed by atoms with E-state index in [4.69, 9.17) is 21.2 Å². The summed E-state index contributed by atoms with van der Waals surface area (Å²) in [6.07, 6.45) is -0.796. The Morgan fingerprint density at radius 1 is 0.622 bits per heavy atom. The van der Waals surface area contributed by atoms with E-state index in [1.54, 1.807) is 66.7 Å². The van der Waals surface area contributed by atoms with Crippen molar-refractivity contribution < 1.29 is 24.0 Å². The summed E-state index contributed by atoms with van der Waals surface area (Å²) >= 11 is 9.02. The standard InChI is InChI=1S/C36H26ClNO5S2/c37-28-15-21-30(22-16-28)44-24-23-33(38-43-36(41)42-29-9-5-2-6-10-29)35(40)27-13-19-32(20-14-27)45-31-17-11-26(12-18-31)34(39)25-7-3-1-4-8-25/h1-22H,23-24H2. The molecule has 0 saturated heterocycles. The molecule has 5 aromatic carbocycles. The lowest BCUT2D eigenvalue weighted by Gasteiger charge is -2.08. The van der Waals surface area contributed by atoms with Crippen molar-refractivity contribution in [3.05, 3.63) is 155 Å². The van der Waals surface area contributed by atoms with Crippen LogP contribution in [0.4, 0.5) is 4.79 Å². The number of oxime groups is 1. The average Bonchev–Trinajstić information content (AvgIpc) is 3.08. The minimum Gasteiger partial charge on any atom is -0.393 e. The number of hydrogen-bond donors (Lipinski definition) is 0. The van der Waals surface area contributed by atoms with Crippen LogP contribution in [0.25, 0.3) is 0 Å². The van der Waals surface area contributed by atoms with Crippen molar-refractivity contribution in [1.82, 2.24) is 0 Å². The lowest BCUT2D eigenvalue weighted by Crippen LogP contribution is -2.18. The Morgan fingerprint density at radius 3 is 1.78 bits per heavy atom. The molecule has 0 amide bonds. The molecular formula is C36H26ClNO5S2. The van der Waals surface area contributed by atoms with Gasteiger partial charge in [0.05, 0.1) is 0 Å². The molecule has 0 atom stereocenters. The predicted molar refractivity (Wildman–Crippen MR) is 179 cm³/mol.